The first-order chi connectivity index (χ1) is 20.0. The van der Waals surface area contributed by atoms with Gasteiger partial charge in [0, 0.05) is 49.5 Å². The molecule has 3 aromatic rings. The molecule has 0 bridgehead atoms. The van der Waals surface area contributed by atoms with Crippen molar-refractivity contribution < 1.29 is 14.3 Å². The molecule has 1 N–H and O–H groups in total. The van der Waals surface area contributed by atoms with Gasteiger partial charge in [-0.05, 0) is 38.3 Å². The standard InChI is InChI=1S/C31H40N6O3S/c1-23-22-35(19-20-36(23)30(39)32-25-14-7-4-8-15-25)28(38)18-11-21-41-31-34-33-29(24-12-5-3-6-13-24)37(31)26-16-9-10-17-27(26)40-2/h3,5-6,9-10,12-13,16-17,23,25H,4,7-8,11,14-15,18-22H2,1-2H3,(H,32,39). The van der Waals surface area contributed by atoms with E-state index in [4.69, 9.17) is 4.74 Å². The molecular weight excluding hydrogens is 536 g/mol. The molecule has 2 aromatic carbocycles. The number of thioether (sulfide) groups is 1. The lowest BCUT2D eigenvalue weighted by Gasteiger charge is -2.40. The molecule has 2 aliphatic rings. The number of rotatable bonds is 9. The first-order valence-electron chi connectivity index (χ1n) is 14.7. The van der Waals surface area contributed by atoms with Crippen molar-refractivity contribution in [2.45, 2.75) is 69.1 Å². The summed E-state index contributed by atoms with van der Waals surface area (Å²) in [7, 11) is 1.66. The van der Waals surface area contributed by atoms with Crippen LogP contribution in [0.4, 0.5) is 4.79 Å². The van der Waals surface area contributed by atoms with E-state index in [9.17, 15) is 9.59 Å². The van der Waals surface area contributed by atoms with Gasteiger partial charge in [0.15, 0.2) is 11.0 Å². The van der Waals surface area contributed by atoms with Crippen molar-refractivity contribution in [3.8, 4) is 22.8 Å². The molecule has 2 fully saturated rings. The number of ether oxygens (including phenoxy) is 1. The molecule has 9 nitrogen and oxygen atoms in total. The van der Waals surface area contributed by atoms with Crippen molar-refractivity contribution >= 4 is 23.7 Å². The molecule has 1 atom stereocenters. The van der Waals surface area contributed by atoms with Crippen LogP contribution in [0.5, 0.6) is 5.75 Å². The lowest BCUT2D eigenvalue weighted by molar-refractivity contribution is -0.133. The van der Waals surface area contributed by atoms with E-state index in [1.807, 2.05) is 75.9 Å². The van der Waals surface area contributed by atoms with Crippen LogP contribution in [-0.2, 0) is 4.79 Å². The topological polar surface area (TPSA) is 92.6 Å². The van der Waals surface area contributed by atoms with E-state index in [0.717, 1.165) is 53.0 Å². The summed E-state index contributed by atoms with van der Waals surface area (Å²) in [6.07, 6.45) is 6.96. The van der Waals surface area contributed by atoms with E-state index in [1.54, 1.807) is 18.9 Å². The number of amides is 3. The third kappa shape index (κ3) is 7.04. The molecule has 2 heterocycles. The monoisotopic (exact) mass is 576 g/mol. The summed E-state index contributed by atoms with van der Waals surface area (Å²) in [5, 5.41) is 13.0. The van der Waals surface area contributed by atoms with Gasteiger partial charge >= 0.3 is 6.03 Å². The number of para-hydroxylation sites is 2. The van der Waals surface area contributed by atoms with Gasteiger partial charge in [-0.1, -0.05) is 73.5 Å². The zero-order valence-corrected chi connectivity index (χ0v) is 24.8. The minimum atomic E-state index is 0.00137. The lowest BCUT2D eigenvalue weighted by Crippen LogP contribution is -2.58. The summed E-state index contributed by atoms with van der Waals surface area (Å²) < 4.78 is 7.67. The Morgan fingerprint density at radius 3 is 2.51 bits per heavy atom. The number of methoxy groups -OCH3 is 1. The molecule has 41 heavy (non-hydrogen) atoms. The fourth-order valence-electron chi connectivity index (χ4n) is 5.70. The second kappa shape index (κ2) is 13.9. The van der Waals surface area contributed by atoms with Gasteiger partial charge in [-0.25, -0.2) is 4.79 Å². The number of aromatic nitrogens is 3. The number of piperazine rings is 1. The molecule has 0 spiro atoms. The van der Waals surface area contributed by atoms with Gasteiger partial charge in [-0.15, -0.1) is 10.2 Å². The van der Waals surface area contributed by atoms with Crippen LogP contribution in [-0.4, -0.2) is 81.1 Å². The number of urea groups is 1. The Hall–Kier alpha value is -3.53. The van der Waals surface area contributed by atoms with Gasteiger partial charge in [0.25, 0.3) is 0 Å². The highest BCUT2D eigenvalue weighted by Gasteiger charge is 2.30. The predicted molar refractivity (Wildman–Crippen MR) is 161 cm³/mol. The maximum atomic E-state index is 13.1. The minimum Gasteiger partial charge on any atom is -0.495 e. The van der Waals surface area contributed by atoms with E-state index in [1.165, 1.54) is 19.3 Å². The van der Waals surface area contributed by atoms with Crippen LogP contribution < -0.4 is 10.1 Å². The second-order valence-electron chi connectivity index (χ2n) is 10.8. The van der Waals surface area contributed by atoms with Gasteiger partial charge in [0.1, 0.15) is 5.75 Å². The summed E-state index contributed by atoms with van der Waals surface area (Å²) >= 11 is 1.59. The Morgan fingerprint density at radius 1 is 1.00 bits per heavy atom. The van der Waals surface area contributed by atoms with Gasteiger partial charge in [0.05, 0.1) is 12.8 Å². The van der Waals surface area contributed by atoms with Gasteiger partial charge in [-0.3, -0.25) is 9.36 Å². The van der Waals surface area contributed by atoms with Gasteiger partial charge in [-0.2, -0.15) is 0 Å². The number of nitrogens with one attached hydrogen (secondary N) is 1. The van der Waals surface area contributed by atoms with Crippen molar-refractivity contribution in [1.29, 1.82) is 0 Å². The van der Waals surface area contributed by atoms with Crippen LogP contribution in [0.3, 0.4) is 0 Å². The molecular formula is C31H40N6O3S. The quantitative estimate of drug-likeness (QED) is 0.271. The van der Waals surface area contributed by atoms with Crippen LogP contribution in [0.2, 0.25) is 0 Å². The molecule has 5 rings (SSSR count). The van der Waals surface area contributed by atoms with E-state index in [-0.39, 0.29) is 24.0 Å². The molecule has 1 aliphatic carbocycles. The van der Waals surface area contributed by atoms with Crippen molar-refractivity contribution in [2.24, 2.45) is 0 Å². The molecule has 10 heteroatoms. The average Bonchev–Trinajstić information content (AvgIpc) is 3.43. The Morgan fingerprint density at radius 2 is 1.76 bits per heavy atom. The maximum Gasteiger partial charge on any atom is 0.317 e. The van der Waals surface area contributed by atoms with E-state index in [2.05, 4.69) is 15.5 Å². The van der Waals surface area contributed by atoms with E-state index in [0.29, 0.717) is 26.1 Å². The first-order valence-corrected chi connectivity index (χ1v) is 15.7. The Kier molecular flexibility index (Phi) is 9.82. The van der Waals surface area contributed by atoms with E-state index < -0.39 is 0 Å². The zero-order valence-electron chi connectivity index (χ0n) is 24.0. The highest BCUT2D eigenvalue weighted by Crippen LogP contribution is 2.32. The Labute approximate surface area is 246 Å². The minimum absolute atomic E-state index is 0.00137. The zero-order chi connectivity index (χ0) is 28.6. The maximum absolute atomic E-state index is 13.1. The smallest absolute Gasteiger partial charge is 0.317 e. The molecule has 1 unspecified atom stereocenters. The predicted octanol–water partition coefficient (Wildman–Crippen LogP) is 5.39. The molecule has 0 radical (unpaired) electrons. The molecule has 1 saturated heterocycles. The second-order valence-corrected chi connectivity index (χ2v) is 11.9. The van der Waals surface area contributed by atoms with Crippen molar-refractivity contribution in [3.05, 3.63) is 54.6 Å². The van der Waals surface area contributed by atoms with Crippen LogP contribution in [0, 0.1) is 0 Å². The van der Waals surface area contributed by atoms with Crippen molar-refractivity contribution in [3.63, 3.8) is 0 Å². The number of benzene rings is 2. The highest BCUT2D eigenvalue weighted by atomic mass is 32.2. The first kappa shape index (κ1) is 29.0. The van der Waals surface area contributed by atoms with E-state index >= 15 is 0 Å². The Balaban J connectivity index is 1.16. The molecule has 3 amide bonds. The van der Waals surface area contributed by atoms with Gasteiger partial charge in [0.2, 0.25) is 5.91 Å². The SMILES string of the molecule is COc1ccccc1-n1c(SCCCC(=O)N2CCN(C(=O)NC3CCCCC3)C(C)C2)nnc1-c1ccccc1. The molecule has 218 valence electrons. The normalized spacial score (nSPS) is 17.9. The van der Waals surface area contributed by atoms with Crippen LogP contribution >= 0.6 is 11.8 Å². The van der Waals surface area contributed by atoms with Crippen molar-refractivity contribution in [2.75, 3.05) is 32.5 Å². The lowest BCUT2D eigenvalue weighted by atomic mass is 9.96. The molecule has 1 aliphatic heterocycles. The number of hydrogen-bond acceptors (Lipinski definition) is 6. The largest absolute Gasteiger partial charge is 0.495 e. The molecule has 1 saturated carbocycles. The number of hydrogen-bond donors (Lipinski definition) is 1. The van der Waals surface area contributed by atoms with Crippen LogP contribution in [0.1, 0.15) is 51.9 Å². The Bertz CT molecular complexity index is 1310. The fraction of sp³-hybridized carbons (Fsp3) is 0.484. The summed E-state index contributed by atoms with van der Waals surface area (Å²) in [6.45, 7) is 3.76. The third-order valence-corrected chi connectivity index (χ3v) is 8.95. The molecule has 1 aromatic heterocycles. The van der Waals surface area contributed by atoms with Crippen molar-refractivity contribution in [1.82, 2.24) is 29.9 Å². The fourth-order valence-corrected chi connectivity index (χ4v) is 6.59. The number of nitrogens with zero attached hydrogens (tertiary/aromatic N) is 5. The summed E-state index contributed by atoms with van der Waals surface area (Å²) in [5.41, 5.74) is 1.84. The average molecular weight is 577 g/mol. The third-order valence-electron chi connectivity index (χ3n) is 7.93. The van der Waals surface area contributed by atoms with Crippen LogP contribution in [0.25, 0.3) is 17.1 Å². The number of carbonyl (C=O) groups excluding carboxylic acids is 2. The van der Waals surface area contributed by atoms with Gasteiger partial charge < -0.3 is 19.9 Å². The number of carbonyl (C=O) groups is 2. The summed E-state index contributed by atoms with van der Waals surface area (Å²) in [4.78, 5) is 29.7. The van der Waals surface area contributed by atoms with Crippen LogP contribution in [0.15, 0.2) is 59.8 Å². The summed E-state index contributed by atoms with van der Waals surface area (Å²) in [6, 6.07) is 18.1. The summed E-state index contributed by atoms with van der Waals surface area (Å²) in [5.74, 6) is 2.35. The highest BCUT2D eigenvalue weighted by molar-refractivity contribution is 7.99.